The van der Waals surface area contributed by atoms with E-state index in [1.54, 1.807) is 0 Å². The predicted octanol–water partition coefficient (Wildman–Crippen LogP) is 4.61. The van der Waals surface area contributed by atoms with Crippen molar-refractivity contribution in [1.29, 1.82) is 0 Å². The lowest BCUT2D eigenvalue weighted by Gasteiger charge is -2.31. The molecule has 2 nitrogen and oxygen atoms in total. The average molecular weight is 320 g/mol. The summed E-state index contributed by atoms with van der Waals surface area (Å²) in [6.07, 6.45) is -2.38. The van der Waals surface area contributed by atoms with E-state index in [2.05, 4.69) is 38.0 Å². The smallest absolute Gasteiger partial charge is 0.313 e. The number of pyridine rings is 1. The zero-order valence-electron chi connectivity index (χ0n) is 12.9. The van der Waals surface area contributed by atoms with Gasteiger partial charge in [0.05, 0.1) is 10.6 Å². The number of nitrogens with zero attached hydrogens (tertiary/aromatic N) is 1. The second-order valence-corrected chi connectivity index (χ2v) is 7.11. The molecule has 0 spiro atoms. The lowest BCUT2D eigenvalue weighted by atomic mass is 9.88. The van der Waals surface area contributed by atoms with Crippen LogP contribution >= 0.6 is 11.8 Å². The van der Waals surface area contributed by atoms with Gasteiger partial charge in [-0.05, 0) is 30.5 Å². The summed E-state index contributed by atoms with van der Waals surface area (Å²) in [6, 6.07) is 2.81. The molecule has 0 fully saturated rings. The van der Waals surface area contributed by atoms with Crippen molar-refractivity contribution in [2.45, 2.75) is 51.4 Å². The molecule has 21 heavy (non-hydrogen) atoms. The largest absolute Gasteiger partial charge is 0.417 e. The molecule has 1 aromatic heterocycles. The van der Waals surface area contributed by atoms with Crippen LogP contribution in [0.25, 0.3) is 0 Å². The van der Waals surface area contributed by atoms with Gasteiger partial charge < -0.3 is 5.32 Å². The number of hydrogen-bond donors (Lipinski definition) is 1. The Bertz CT molecular complexity index is 424. The van der Waals surface area contributed by atoms with Gasteiger partial charge in [-0.2, -0.15) is 13.2 Å². The van der Waals surface area contributed by atoms with E-state index in [4.69, 9.17) is 0 Å². The summed E-state index contributed by atoms with van der Waals surface area (Å²) in [5, 5.41) is 4.11. The van der Waals surface area contributed by atoms with E-state index in [-0.39, 0.29) is 11.5 Å². The number of thioether (sulfide) groups is 1. The molecular weight excluding hydrogens is 297 g/mol. The summed E-state index contributed by atoms with van der Waals surface area (Å²) in [5.74, 6) is 0.780. The minimum atomic E-state index is -4.33. The number of rotatable bonds is 6. The van der Waals surface area contributed by atoms with Crippen LogP contribution < -0.4 is 5.32 Å². The van der Waals surface area contributed by atoms with Crippen LogP contribution in [0.15, 0.2) is 23.4 Å². The van der Waals surface area contributed by atoms with Crippen LogP contribution in [-0.4, -0.2) is 23.3 Å². The topological polar surface area (TPSA) is 24.9 Å². The summed E-state index contributed by atoms with van der Waals surface area (Å²) in [6.45, 7) is 9.50. The zero-order valence-corrected chi connectivity index (χ0v) is 13.7. The summed E-state index contributed by atoms with van der Waals surface area (Å²) in [7, 11) is 0. The second kappa shape index (κ2) is 7.49. The van der Waals surface area contributed by atoms with Crippen LogP contribution in [0, 0.1) is 5.41 Å². The Morgan fingerprint density at radius 1 is 1.24 bits per heavy atom. The number of halogens is 3. The molecule has 0 saturated carbocycles. The first kappa shape index (κ1) is 18.3. The molecule has 1 unspecified atom stereocenters. The van der Waals surface area contributed by atoms with Crippen molar-refractivity contribution in [3.63, 3.8) is 0 Å². The van der Waals surface area contributed by atoms with Crippen molar-refractivity contribution in [2.24, 2.45) is 5.41 Å². The highest BCUT2D eigenvalue weighted by atomic mass is 32.2. The van der Waals surface area contributed by atoms with Crippen LogP contribution in [0.4, 0.5) is 13.2 Å². The van der Waals surface area contributed by atoms with Gasteiger partial charge in [0.25, 0.3) is 0 Å². The van der Waals surface area contributed by atoms with Crippen LogP contribution in [0.1, 0.15) is 39.7 Å². The number of alkyl halides is 3. The van der Waals surface area contributed by atoms with Gasteiger partial charge in [-0.15, -0.1) is 11.8 Å². The van der Waals surface area contributed by atoms with Crippen LogP contribution in [0.2, 0.25) is 0 Å². The summed E-state index contributed by atoms with van der Waals surface area (Å²) >= 11 is 1.48. The van der Waals surface area contributed by atoms with E-state index in [9.17, 15) is 13.2 Å². The molecule has 1 atom stereocenters. The first-order valence-corrected chi connectivity index (χ1v) is 8.02. The minimum Gasteiger partial charge on any atom is -0.313 e. The van der Waals surface area contributed by atoms with Gasteiger partial charge >= 0.3 is 6.18 Å². The van der Waals surface area contributed by atoms with E-state index >= 15 is 0 Å². The summed E-state index contributed by atoms with van der Waals surface area (Å²) in [4.78, 5) is 3.89. The molecule has 0 bridgehead atoms. The molecule has 6 heteroatoms. The van der Waals surface area contributed by atoms with Gasteiger partial charge in [0.2, 0.25) is 0 Å². The monoisotopic (exact) mass is 320 g/mol. The molecule has 0 aromatic carbocycles. The standard InChI is InChI=1S/C15H23F3N2S/c1-5-8-19-12(14(2,3)4)10-21-13-7-6-11(9-20-13)15(16,17)18/h6-7,9,12,19H,5,8,10H2,1-4H3. The van der Waals surface area contributed by atoms with Gasteiger partial charge in [-0.25, -0.2) is 4.98 Å². The maximum absolute atomic E-state index is 12.5. The Morgan fingerprint density at radius 3 is 2.33 bits per heavy atom. The predicted molar refractivity (Wildman–Crippen MR) is 81.5 cm³/mol. The van der Waals surface area contributed by atoms with Crippen molar-refractivity contribution in [2.75, 3.05) is 12.3 Å². The number of nitrogens with one attached hydrogen (secondary N) is 1. The lowest BCUT2D eigenvalue weighted by molar-refractivity contribution is -0.137. The van der Waals surface area contributed by atoms with Gasteiger partial charge in [0.15, 0.2) is 0 Å². The first-order chi connectivity index (χ1) is 9.64. The van der Waals surface area contributed by atoms with E-state index in [1.165, 1.54) is 17.8 Å². The van der Waals surface area contributed by atoms with Crippen molar-refractivity contribution in [3.8, 4) is 0 Å². The number of hydrogen-bond acceptors (Lipinski definition) is 3. The molecule has 0 amide bonds. The zero-order chi connectivity index (χ0) is 16.1. The van der Waals surface area contributed by atoms with Crippen molar-refractivity contribution >= 4 is 11.8 Å². The molecule has 1 N–H and O–H groups in total. The molecule has 0 saturated heterocycles. The quantitative estimate of drug-likeness (QED) is 0.775. The Morgan fingerprint density at radius 2 is 1.90 bits per heavy atom. The Balaban J connectivity index is 2.63. The van der Waals surface area contributed by atoms with E-state index in [1.807, 2.05) is 0 Å². The summed E-state index contributed by atoms with van der Waals surface area (Å²) in [5.41, 5.74) is -0.614. The Labute approximate surface area is 128 Å². The maximum atomic E-state index is 12.5. The van der Waals surface area contributed by atoms with Gasteiger partial charge in [0, 0.05) is 18.0 Å². The molecule has 0 radical (unpaired) electrons. The maximum Gasteiger partial charge on any atom is 0.417 e. The van der Waals surface area contributed by atoms with E-state index < -0.39 is 11.7 Å². The molecule has 1 heterocycles. The van der Waals surface area contributed by atoms with E-state index in [0.717, 1.165) is 31.0 Å². The van der Waals surface area contributed by atoms with Crippen LogP contribution in [0.3, 0.4) is 0 Å². The van der Waals surface area contributed by atoms with Crippen LogP contribution in [-0.2, 0) is 6.18 Å². The molecule has 0 aliphatic heterocycles. The van der Waals surface area contributed by atoms with Crippen LogP contribution in [0.5, 0.6) is 0 Å². The first-order valence-electron chi connectivity index (χ1n) is 7.04. The molecule has 120 valence electrons. The summed E-state index contributed by atoms with van der Waals surface area (Å²) < 4.78 is 37.4. The highest BCUT2D eigenvalue weighted by molar-refractivity contribution is 7.99. The molecular formula is C15H23F3N2S. The fourth-order valence-corrected chi connectivity index (χ4v) is 2.98. The molecule has 1 rings (SSSR count). The highest BCUT2D eigenvalue weighted by Gasteiger charge is 2.30. The van der Waals surface area contributed by atoms with Crippen molar-refractivity contribution in [3.05, 3.63) is 23.9 Å². The van der Waals surface area contributed by atoms with E-state index in [0.29, 0.717) is 5.03 Å². The third-order valence-corrected chi connectivity index (χ3v) is 4.18. The normalized spacial score (nSPS) is 14.2. The van der Waals surface area contributed by atoms with Gasteiger partial charge in [-0.1, -0.05) is 27.7 Å². The lowest BCUT2D eigenvalue weighted by Crippen LogP contribution is -2.42. The third kappa shape index (κ3) is 6.26. The number of aromatic nitrogens is 1. The average Bonchev–Trinajstić information content (AvgIpc) is 2.36. The Hall–Kier alpha value is -0.750. The third-order valence-electron chi connectivity index (χ3n) is 3.15. The minimum absolute atomic E-state index is 0.0913. The highest BCUT2D eigenvalue weighted by Crippen LogP contribution is 2.30. The van der Waals surface area contributed by atoms with Gasteiger partial charge in [0.1, 0.15) is 0 Å². The van der Waals surface area contributed by atoms with Gasteiger partial charge in [-0.3, -0.25) is 0 Å². The molecule has 0 aliphatic carbocycles. The molecule has 1 aromatic rings. The Kier molecular flexibility index (Phi) is 6.53. The fourth-order valence-electron chi connectivity index (χ4n) is 1.74. The van der Waals surface area contributed by atoms with Crippen molar-refractivity contribution < 1.29 is 13.2 Å². The van der Waals surface area contributed by atoms with Crippen molar-refractivity contribution in [1.82, 2.24) is 10.3 Å². The SMILES string of the molecule is CCCNC(CSc1ccc(C(F)(F)F)cn1)C(C)(C)C. The fraction of sp³-hybridized carbons (Fsp3) is 0.667. The molecule has 0 aliphatic rings. The second-order valence-electron chi connectivity index (χ2n) is 6.07.